The molecule has 16 heavy (non-hydrogen) atoms. The molecule has 2 atom stereocenters. The molecule has 1 aliphatic carbocycles. The molecule has 2 unspecified atom stereocenters. The molecule has 3 aliphatic rings. The van der Waals surface area contributed by atoms with Crippen LogP contribution in [0, 0.1) is 12.8 Å². The first-order valence-electron chi connectivity index (χ1n) is 5.94. The lowest BCUT2D eigenvalue weighted by molar-refractivity contribution is 0.377. The third kappa shape index (κ3) is 0.993. The van der Waals surface area contributed by atoms with Crippen molar-refractivity contribution < 1.29 is 0 Å². The molecule has 1 saturated heterocycles. The van der Waals surface area contributed by atoms with Crippen LogP contribution in [0.15, 0.2) is 35.3 Å². The fourth-order valence-electron chi connectivity index (χ4n) is 3.09. The summed E-state index contributed by atoms with van der Waals surface area (Å²) in [6.07, 6.45) is 5.90. The highest BCUT2D eigenvalue weighted by atomic mass is 15.3. The van der Waals surface area contributed by atoms with Gasteiger partial charge >= 0.3 is 0 Å². The van der Waals surface area contributed by atoms with E-state index >= 15 is 0 Å². The Balaban J connectivity index is 1.86. The Kier molecular flexibility index (Phi) is 1.48. The van der Waals surface area contributed by atoms with Crippen LogP contribution in [0.2, 0.25) is 0 Å². The molecule has 0 N–H and O–H groups in total. The van der Waals surface area contributed by atoms with Crippen molar-refractivity contribution in [3.8, 4) is 0 Å². The number of aryl methyl sites for hydroxylation is 1. The minimum absolute atomic E-state index is 0.583. The van der Waals surface area contributed by atoms with Crippen molar-refractivity contribution in [1.82, 2.24) is 4.90 Å². The molecule has 4 rings (SSSR count). The Bertz CT molecular complexity index is 528. The van der Waals surface area contributed by atoms with E-state index in [2.05, 4.69) is 42.2 Å². The molecule has 1 aromatic rings. The van der Waals surface area contributed by atoms with Gasteiger partial charge < -0.3 is 4.90 Å². The van der Waals surface area contributed by atoms with Crippen LogP contribution < -0.4 is 0 Å². The fraction of sp³-hybridized carbons (Fsp3) is 0.357. The molecule has 80 valence electrons. The van der Waals surface area contributed by atoms with Crippen molar-refractivity contribution >= 4 is 11.5 Å². The minimum Gasteiger partial charge on any atom is -0.349 e. The van der Waals surface area contributed by atoms with Gasteiger partial charge in [-0.25, -0.2) is 4.99 Å². The Morgan fingerprint density at radius 3 is 3.19 bits per heavy atom. The van der Waals surface area contributed by atoms with Gasteiger partial charge in [0.05, 0.1) is 5.69 Å². The van der Waals surface area contributed by atoms with E-state index in [1.54, 1.807) is 0 Å². The second-order valence-electron chi connectivity index (χ2n) is 5.02. The van der Waals surface area contributed by atoms with Gasteiger partial charge in [-0.15, -0.1) is 0 Å². The number of hydrogen-bond donors (Lipinski definition) is 0. The van der Waals surface area contributed by atoms with Gasteiger partial charge in [0, 0.05) is 18.5 Å². The van der Waals surface area contributed by atoms with Crippen LogP contribution in [0.25, 0.3) is 0 Å². The predicted octanol–water partition coefficient (Wildman–Crippen LogP) is 2.80. The minimum atomic E-state index is 0.583. The van der Waals surface area contributed by atoms with Crippen LogP contribution in [0.1, 0.15) is 17.5 Å². The quantitative estimate of drug-likeness (QED) is 0.601. The summed E-state index contributed by atoms with van der Waals surface area (Å²) in [5.74, 6) is 1.88. The molecule has 1 fully saturated rings. The van der Waals surface area contributed by atoms with Crippen LogP contribution in [-0.2, 0) is 6.54 Å². The first-order chi connectivity index (χ1) is 7.81. The number of hydrogen-bond acceptors (Lipinski definition) is 2. The zero-order valence-corrected chi connectivity index (χ0v) is 9.35. The molecule has 0 saturated carbocycles. The molecule has 2 aliphatic heterocycles. The largest absolute Gasteiger partial charge is 0.349 e. The Morgan fingerprint density at radius 2 is 2.25 bits per heavy atom. The molecule has 0 amide bonds. The number of amidine groups is 1. The summed E-state index contributed by atoms with van der Waals surface area (Å²) in [7, 11) is 0. The Morgan fingerprint density at radius 1 is 1.31 bits per heavy atom. The molecule has 1 aromatic carbocycles. The molecule has 2 nitrogen and oxygen atoms in total. The van der Waals surface area contributed by atoms with Gasteiger partial charge in [-0.2, -0.15) is 0 Å². The van der Waals surface area contributed by atoms with Crippen LogP contribution in [-0.4, -0.2) is 16.8 Å². The van der Waals surface area contributed by atoms with Gasteiger partial charge in [-0.05, 0) is 25.0 Å². The second-order valence-corrected chi connectivity index (χ2v) is 5.02. The zero-order chi connectivity index (χ0) is 10.7. The number of aliphatic imine (C=N–C) groups is 1. The third-order valence-corrected chi connectivity index (χ3v) is 3.90. The highest BCUT2D eigenvalue weighted by Crippen LogP contribution is 2.40. The highest BCUT2D eigenvalue weighted by Gasteiger charge is 2.40. The summed E-state index contributed by atoms with van der Waals surface area (Å²) in [6, 6.07) is 7.19. The lowest BCUT2D eigenvalue weighted by Crippen LogP contribution is -2.36. The first kappa shape index (κ1) is 8.57. The van der Waals surface area contributed by atoms with Crippen molar-refractivity contribution in [3.63, 3.8) is 0 Å². The molecular formula is C14H14N2. The van der Waals surface area contributed by atoms with Crippen molar-refractivity contribution in [2.75, 3.05) is 0 Å². The lowest BCUT2D eigenvalue weighted by atomic mass is 10.0. The standard InChI is InChI=1S/C14H14N2/c1-9-2-5-13-11(6-9)8-16-12-4-3-10(7-12)14(16)15-13/h2-6,10,12H,7-8H2,1H3. The number of rotatable bonds is 0. The van der Waals surface area contributed by atoms with Crippen molar-refractivity contribution in [3.05, 3.63) is 41.5 Å². The molecular weight excluding hydrogens is 196 g/mol. The SMILES string of the molecule is Cc1ccc2c(c1)CN1C(=N2)C2C=CC1C2. The number of fused-ring (bicyclic) bond motifs is 6. The van der Waals surface area contributed by atoms with Gasteiger partial charge in [-0.1, -0.05) is 29.8 Å². The summed E-state index contributed by atoms with van der Waals surface area (Å²) in [5, 5.41) is 0. The molecule has 0 aromatic heterocycles. The lowest BCUT2D eigenvalue weighted by Gasteiger charge is -2.31. The normalized spacial score (nSPS) is 29.1. The first-order valence-corrected chi connectivity index (χ1v) is 5.94. The number of benzene rings is 1. The third-order valence-electron chi connectivity index (χ3n) is 3.90. The van der Waals surface area contributed by atoms with Crippen LogP contribution >= 0.6 is 0 Å². The fourth-order valence-corrected chi connectivity index (χ4v) is 3.09. The van der Waals surface area contributed by atoms with E-state index in [1.807, 2.05) is 0 Å². The van der Waals surface area contributed by atoms with Crippen LogP contribution in [0.5, 0.6) is 0 Å². The van der Waals surface area contributed by atoms with E-state index in [0.29, 0.717) is 12.0 Å². The van der Waals surface area contributed by atoms with E-state index in [0.717, 1.165) is 6.54 Å². The maximum absolute atomic E-state index is 4.82. The average molecular weight is 210 g/mol. The maximum atomic E-state index is 4.82. The average Bonchev–Trinajstić information content (AvgIpc) is 2.87. The van der Waals surface area contributed by atoms with E-state index < -0.39 is 0 Å². The predicted molar refractivity (Wildman–Crippen MR) is 64.9 cm³/mol. The van der Waals surface area contributed by atoms with Crippen LogP contribution in [0.3, 0.4) is 0 Å². The van der Waals surface area contributed by atoms with E-state index in [1.165, 1.54) is 29.1 Å². The number of nitrogens with zero attached hydrogens (tertiary/aromatic N) is 2. The molecule has 2 bridgehead atoms. The van der Waals surface area contributed by atoms with E-state index in [-0.39, 0.29) is 0 Å². The van der Waals surface area contributed by atoms with Gasteiger partial charge in [-0.3, -0.25) is 0 Å². The van der Waals surface area contributed by atoms with Crippen molar-refractivity contribution in [1.29, 1.82) is 0 Å². The molecule has 2 heteroatoms. The van der Waals surface area contributed by atoms with Crippen molar-refractivity contribution in [2.24, 2.45) is 10.9 Å². The Labute approximate surface area is 95.3 Å². The molecule has 0 radical (unpaired) electrons. The smallest absolute Gasteiger partial charge is 0.113 e. The van der Waals surface area contributed by atoms with E-state index in [9.17, 15) is 0 Å². The van der Waals surface area contributed by atoms with Gasteiger partial charge in [0.15, 0.2) is 0 Å². The van der Waals surface area contributed by atoms with Gasteiger partial charge in [0.2, 0.25) is 0 Å². The van der Waals surface area contributed by atoms with Crippen molar-refractivity contribution in [2.45, 2.75) is 25.9 Å². The van der Waals surface area contributed by atoms with E-state index in [4.69, 9.17) is 4.99 Å². The summed E-state index contributed by atoms with van der Waals surface area (Å²) < 4.78 is 0. The Hall–Kier alpha value is -1.57. The summed E-state index contributed by atoms with van der Waals surface area (Å²) in [4.78, 5) is 7.29. The topological polar surface area (TPSA) is 15.6 Å². The maximum Gasteiger partial charge on any atom is 0.113 e. The summed E-state index contributed by atoms with van der Waals surface area (Å²) >= 11 is 0. The second kappa shape index (κ2) is 2.76. The zero-order valence-electron chi connectivity index (χ0n) is 9.35. The van der Waals surface area contributed by atoms with Crippen LogP contribution in [0.4, 0.5) is 5.69 Å². The molecule has 0 spiro atoms. The summed E-state index contributed by atoms with van der Waals surface area (Å²) in [6.45, 7) is 3.19. The molecule has 2 heterocycles. The monoisotopic (exact) mass is 210 g/mol. The summed E-state index contributed by atoms with van der Waals surface area (Å²) in [5.41, 5.74) is 3.89. The highest BCUT2D eigenvalue weighted by molar-refractivity contribution is 5.93. The van der Waals surface area contributed by atoms with Gasteiger partial charge in [0.25, 0.3) is 0 Å². The van der Waals surface area contributed by atoms with Gasteiger partial charge in [0.1, 0.15) is 5.84 Å².